The maximum absolute atomic E-state index is 8.51. The van der Waals surface area contributed by atoms with E-state index in [2.05, 4.69) is 4.98 Å². The van der Waals surface area contributed by atoms with E-state index in [9.17, 15) is 0 Å². The summed E-state index contributed by atoms with van der Waals surface area (Å²) < 4.78 is 4.91. The summed E-state index contributed by atoms with van der Waals surface area (Å²) in [6.07, 6.45) is 1.64. The van der Waals surface area contributed by atoms with E-state index in [0.717, 1.165) is 10.9 Å². The Kier molecular flexibility index (Phi) is 2.14. The van der Waals surface area contributed by atoms with Crippen molar-refractivity contribution in [3.8, 4) is 5.75 Å². The Morgan fingerprint density at radius 3 is 2.92 bits per heavy atom. The van der Waals surface area contributed by atoms with Crippen LogP contribution in [-0.2, 0) is 0 Å². The molecule has 0 fully saturated rings. The van der Waals surface area contributed by atoms with Gasteiger partial charge < -0.3 is 9.68 Å². The summed E-state index contributed by atoms with van der Waals surface area (Å²) in [6.45, 7) is 0. The van der Waals surface area contributed by atoms with Crippen molar-refractivity contribution in [1.82, 2.24) is 4.98 Å². The number of benzene rings is 1. The maximum Gasteiger partial charge on any atom is 0.569 e. The van der Waals surface area contributed by atoms with Crippen molar-refractivity contribution in [2.45, 2.75) is 0 Å². The molecule has 0 aliphatic rings. The molecule has 0 amide bonds. The average Bonchev–Trinajstić information content (AvgIpc) is 2.19. The highest BCUT2D eigenvalue weighted by Crippen LogP contribution is 2.22. The molecule has 2 aromatic rings. The monoisotopic (exact) mass is 172 g/mol. The highest BCUT2D eigenvalue weighted by atomic mass is 16.5. The summed E-state index contributed by atoms with van der Waals surface area (Å²) in [5, 5.41) is 9.40. The topological polar surface area (TPSA) is 42.4 Å². The van der Waals surface area contributed by atoms with Crippen molar-refractivity contribution in [3.05, 3.63) is 36.5 Å². The van der Waals surface area contributed by atoms with Gasteiger partial charge in [0, 0.05) is 11.6 Å². The van der Waals surface area contributed by atoms with Crippen LogP contribution in [0.25, 0.3) is 10.9 Å². The number of hydrogen-bond acceptors (Lipinski definition) is 3. The summed E-state index contributed by atoms with van der Waals surface area (Å²) in [6, 6.07) is 9.28. The third kappa shape index (κ3) is 1.48. The number of fused-ring (bicyclic) bond motifs is 1. The number of hydrogen-bond donors (Lipinski definition) is 1. The van der Waals surface area contributed by atoms with Gasteiger partial charge in [0.1, 0.15) is 5.75 Å². The first-order valence-corrected chi connectivity index (χ1v) is 3.88. The second-order valence-electron chi connectivity index (χ2n) is 2.55. The van der Waals surface area contributed by atoms with Gasteiger partial charge in [0.05, 0.1) is 5.52 Å². The van der Waals surface area contributed by atoms with Crippen LogP contribution < -0.4 is 4.65 Å². The summed E-state index contributed by atoms with van der Waals surface area (Å²) in [7, 11) is 0.668. The second-order valence-corrected chi connectivity index (χ2v) is 2.55. The van der Waals surface area contributed by atoms with Crippen LogP contribution in [0.1, 0.15) is 0 Å². The van der Waals surface area contributed by atoms with Crippen LogP contribution in [0.5, 0.6) is 5.75 Å². The Morgan fingerprint density at radius 2 is 2.08 bits per heavy atom. The summed E-state index contributed by atoms with van der Waals surface area (Å²) in [5.41, 5.74) is 0.849. The van der Waals surface area contributed by atoms with Crippen molar-refractivity contribution in [3.63, 3.8) is 0 Å². The Labute approximate surface area is 76.3 Å². The van der Waals surface area contributed by atoms with Gasteiger partial charge in [-0.25, -0.2) is 0 Å². The van der Waals surface area contributed by atoms with E-state index in [-0.39, 0.29) is 0 Å². The fourth-order valence-corrected chi connectivity index (χ4v) is 1.23. The molecule has 4 heteroatoms. The lowest BCUT2D eigenvalue weighted by molar-refractivity contribution is 0.456. The predicted octanol–water partition coefficient (Wildman–Crippen LogP) is 1.14. The zero-order valence-electron chi connectivity index (χ0n) is 6.84. The quantitative estimate of drug-likeness (QED) is 0.690. The Morgan fingerprint density at radius 1 is 1.23 bits per heavy atom. The molecule has 1 N–H and O–H groups in total. The Hall–Kier alpha value is -1.55. The van der Waals surface area contributed by atoms with Crippen molar-refractivity contribution in [2.24, 2.45) is 0 Å². The van der Waals surface area contributed by atoms with Gasteiger partial charge in [-0.15, -0.1) is 0 Å². The molecule has 1 aromatic heterocycles. The predicted molar refractivity (Wildman–Crippen MR) is 50.3 cm³/mol. The molecule has 0 saturated heterocycles. The Balaban J connectivity index is 2.61. The maximum atomic E-state index is 8.51. The van der Waals surface area contributed by atoms with E-state index in [0.29, 0.717) is 13.4 Å². The molecule has 1 aromatic carbocycles. The first-order chi connectivity index (χ1) is 6.42. The third-order valence-electron chi connectivity index (χ3n) is 1.79. The fraction of sp³-hybridized carbons (Fsp3) is 0. The highest BCUT2D eigenvalue weighted by Gasteiger charge is 2.01. The first kappa shape index (κ1) is 8.07. The zero-order chi connectivity index (χ0) is 9.10. The highest BCUT2D eigenvalue weighted by molar-refractivity contribution is 6.18. The molecule has 63 valence electrons. The van der Waals surface area contributed by atoms with Crippen LogP contribution in [0, 0.1) is 0 Å². The van der Waals surface area contributed by atoms with E-state index in [1.165, 1.54) is 0 Å². The minimum atomic E-state index is 0.605. The fourth-order valence-electron chi connectivity index (χ4n) is 1.23. The van der Waals surface area contributed by atoms with Gasteiger partial charge >= 0.3 is 7.69 Å². The number of para-hydroxylation sites is 1. The van der Waals surface area contributed by atoms with Crippen molar-refractivity contribution in [1.29, 1.82) is 0 Å². The van der Waals surface area contributed by atoms with E-state index in [1.54, 1.807) is 12.3 Å². The van der Waals surface area contributed by atoms with Gasteiger partial charge in [-0.3, -0.25) is 4.98 Å². The van der Waals surface area contributed by atoms with Gasteiger partial charge in [0.15, 0.2) is 0 Å². The first-order valence-electron chi connectivity index (χ1n) is 3.88. The van der Waals surface area contributed by atoms with E-state index >= 15 is 0 Å². The lowest BCUT2D eigenvalue weighted by Crippen LogP contribution is -2.00. The molecular weight excluding hydrogens is 165 g/mol. The second kappa shape index (κ2) is 3.45. The number of pyridine rings is 1. The molecule has 3 nitrogen and oxygen atoms in total. The van der Waals surface area contributed by atoms with Gasteiger partial charge in [-0.2, -0.15) is 0 Å². The smallest absolute Gasteiger partial charge is 0.537 e. The Bertz CT molecular complexity index is 414. The van der Waals surface area contributed by atoms with Gasteiger partial charge in [0.2, 0.25) is 0 Å². The van der Waals surface area contributed by atoms with E-state index in [4.69, 9.17) is 9.68 Å². The lowest BCUT2D eigenvalue weighted by atomic mass is 10.2. The average molecular weight is 172 g/mol. The van der Waals surface area contributed by atoms with E-state index in [1.807, 2.05) is 24.3 Å². The molecule has 1 radical (unpaired) electrons. The molecule has 0 aliphatic heterocycles. The number of rotatable bonds is 2. The molecule has 2 rings (SSSR count). The molecule has 0 unspecified atom stereocenters. The van der Waals surface area contributed by atoms with Crippen LogP contribution in [-0.4, -0.2) is 17.7 Å². The van der Waals surface area contributed by atoms with Crippen LogP contribution in [0.3, 0.4) is 0 Å². The standard InChI is InChI=1S/C9H7BNO2/c12-10-13-9-5-6-11-8-4-2-1-3-7(8)9/h1-6,12H. The molecular formula is C9H7BNO2. The molecule has 1 heterocycles. The van der Waals surface area contributed by atoms with E-state index < -0.39 is 0 Å². The molecule has 0 saturated carbocycles. The van der Waals surface area contributed by atoms with Crippen LogP contribution in [0.2, 0.25) is 0 Å². The lowest BCUT2D eigenvalue weighted by Gasteiger charge is -2.04. The SMILES string of the molecule is O[B]Oc1ccnc2ccccc12. The van der Waals surface area contributed by atoms with Gasteiger partial charge in [-0.1, -0.05) is 12.1 Å². The normalized spacial score (nSPS) is 9.92. The minimum absolute atomic E-state index is 0.605. The summed E-state index contributed by atoms with van der Waals surface area (Å²) in [5.74, 6) is 0.605. The minimum Gasteiger partial charge on any atom is -0.537 e. The molecule has 13 heavy (non-hydrogen) atoms. The van der Waals surface area contributed by atoms with Crippen molar-refractivity contribution >= 4 is 18.6 Å². The number of nitrogens with zero attached hydrogens (tertiary/aromatic N) is 1. The summed E-state index contributed by atoms with van der Waals surface area (Å²) >= 11 is 0. The molecule has 0 spiro atoms. The number of aromatic nitrogens is 1. The van der Waals surface area contributed by atoms with Gasteiger partial charge in [0.25, 0.3) is 0 Å². The summed E-state index contributed by atoms with van der Waals surface area (Å²) in [4.78, 5) is 4.15. The molecule has 0 atom stereocenters. The zero-order valence-corrected chi connectivity index (χ0v) is 6.84. The van der Waals surface area contributed by atoms with Crippen LogP contribution >= 0.6 is 0 Å². The van der Waals surface area contributed by atoms with Crippen LogP contribution in [0.4, 0.5) is 0 Å². The van der Waals surface area contributed by atoms with Crippen molar-refractivity contribution < 1.29 is 9.68 Å². The molecule has 0 aliphatic carbocycles. The third-order valence-corrected chi connectivity index (χ3v) is 1.79. The molecule has 0 bridgehead atoms. The van der Waals surface area contributed by atoms with Gasteiger partial charge in [-0.05, 0) is 18.2 Å². The largest absolute Gasteiger partial charge is 0.569 e. The van der Waals surface area contributed by atoms with Crippen molar-refractivity contribution in [2.75, 3.05) is 0 Å². The van der Waals surface area contributed by atoms with Crippen LogP contribution in [0.15, 0.2) is 36.5 Å².